The van der Waals surface area contributed by atoms with Crippen molar-refractivity contribution >= 4 is 17.8 Å². The van der Waals surface area contributed by atoms with Gasteiger partial charge in [0.05, 0.1) is 12.2 Å². The van der Waals surface area contributed by atoms with Crippen molar-refractivity contribution in [2.45, 2.75) is 39.3 Å². The Labute approximate surface area is 115 Å². The van der Waals surface area contributed by atoms with E-state index in [4.69, 9.17) is 4.42 Å². The van der Waals surface area contributed by atoms with Gasteiger partial charge in [0.25, 0.3) is 5.91 Å². The van der Waals surface area contributed by atoms with Crippen LogP contribution in [0.2, 0.25) is 0 Å². The Morgan fingerprint density at radius 3 is 2.70 bits per heavy atom. The van der Waals surface area contributed by atoms with Crippen LogP contribution in [0.4, 0.5) is 4.79 Å². The predicted molar refractivity (Wildman–Crippen MR) is 67.5 cm³/mol. The van der Waals surface area contributed by atoms with Crippen molar-refractivity contribution in [3.05, 3.63) is 17.3 Å². The quantitative estimate of drug-likeness (QED) is 0.652. The maximum atomic E-state index is 11.6. The van der Waals surface area contributed by atoms with Crippen LogP contribution in [-0.2, 0) is 16.1 Å². The Bertz CT molecular complexity index is 532. The van der Waals surface area contributed by atoms with E-state index in [2.05, 4.69) is 20.9 Å². The highest BCUT2D eigenvalue weighted by Gasteiger charge is 2.29. The Hall–Kier alpha value is -2.38. The van der Waals surface area contributed by atoms with E-state index in [1.54, 1.807) is 6.92 Å². The number of amides is 4. The molecule has 0 saturated carbocycles. The summed E-state index contributed by atoms with van der Waals surface area (Å²) in [5, 5.41) is 7.19. The molecule has 0 spiro atoms. The second kappa shape index (κ2) is 5.72. The summed E-state index contributed by atoms with van der Waals surface area (Å²) >= 11 is 0. The number of aryl methyl sites for hydroxylation is 2. The van der Waals surface area contributed by atoms with E-state index in [1.807, 2.05) is 6.92 Å². The number of carbonyl (C=O) groups excluding carboxylic acids is 3. The first-order valence-corrected chi connectivity index (χ1v) is 6.26. The number of urea groups is 1. The van der Waals surface area contributed by atoms with Gasteiger partial charge in [-0.3, -0.25) is 14.9 Å². The fraction of sp³-hybridized carbons (Fsp3) is 0.500. The largest absolute Gasteiger partial charge is 0.444 e. The maximum Gasteiger partial charge on any atom is 0.322 e. The number of aromatic nitrogens is 1. The predicted octanol–water partition coefficient (Wildman–Crippen LogP) is -0.104. The minimum atomic E-state index is -0.639. The van der Waals surface area contributed by atoms with Gasteiger partial charge >= 0.3 is 6.03 Å². The smallest absolute Gasteiger partial charge is 0.322 e. The number of rotatable bonds is 5. The number of oxazole rings is 1. The van der Waals surface area contributed by atoms with Gasteiger partial charge < -0.3 is 15.1 Å². The van der Waals surface area contributed by atoms with Crippen molar-refractivity contribution in [2.24, 2.45) is 0 Å². The normalized spacial score (nSPS) is 17.8. The third kappa shape index (κ3) is 3.34. The average molecular weight is 280 g/mol. The standard InChI is InChI=1S/C12H16N4O4/c1-6-7(2)20-10(14-6)5-13-9(17)4-3-8-11(18)16-12(19)15-8/h8H,3-5H2,1-2H3,(H,13,17)(H2,15,16,18,19)/t8-/m1/s1. The fourth-order valence-electron chi connectivity index (χ4n) is 1.81. The van der Waals surface area contributed by atoms with Gasteiger partial charge in [-0.1, -0.05) is 0 Å². The zero-order valence-corrected chi connectivity index (χ0v) is 11.3. The summed E-state index contributed by atoms with van der Waals surface area (Å²) in [7, 11) is 0. The zero-order chi connectivity index (χ0) is 14.7. The van der Waals surface area contributed by atoms with Crippen molar-refractivity contribution < 1.29 is 18.8 Å². The molecule has 20 heavy (non-hydrogen) atoms. The summed E-state index contributed by atoms with van der Waals surface area (Å²) in [6.45, 7) is 3.83. The molecule has 3 N–H and O–H groups in total. The minimum absolute atomic E-state index is 0.136. The number of carbonyl (C=O) groups is 3. The maximum absolute atomic E-state index is 11.6. The first-order valence-electron chi connectivity index (χ1n) is 6.26. The van der Waals surface area contributed by atoms with Crippen molar-refractivity contribution in [1.82, 2.24) is 20.9 Å². The van der Waals surface area contributed by atoms with Crippen molar-refractivity contribution in [1.29, 1.82) is 0 Å². The van der Waals surface area contributed by atoms with Crippen LogP contribution in [0, 0.1) is 13.8 Å². The Balaban J connectivity index is 1.73. The van der Waals surface area contributed by atoms with E-state index in [1.165, 1.54) is 0 Å². The molecule has 8 heteroatoms. The molecule has 0 aromatic carbocycles. The van der Waals surface area contributed by atoms with Gasteiger partial charge in [-0.05, 0) is 20.3 Å². The molecule has 2 heterocycles. The molecule has 1 saturated heterocycles. The number of nitrogens with zero attached hydrogens (tertiary/aromatic N) is 1. The van der Waals surface area contributed by atoms with Crippen LogP contribution in [0.5, 0.6) is 0 Å². The van der Waals surface area contributed by atoms with Crippen molar-refractivity contribution in [2.75, 3.05) is 0 Å². The zero-order valence-electron chi connectivity index (χ0n) is 11.3. The molecule has 0 bridgehead atoms. The molecule has 8 nitrogen and oxygen atoms in total. The highest BCUT2D eigenvalue weighted by Crippen LogP contribution is 2.08. The van der Waals surface area contributed by atoms with Gasteiger partial charge in [0.2, 0.25) is 11.8 Å². The second-order valence-corrected chi connectivity index (χ2v) is 4.58. The van der Waals surface area contributed by atoms with Gasteiger partial charge in [0.15, 0.2) is 0 Å². The molecular weight excluding hydrogens is 264 g/mol. The van der Waals surface area contributed by atoms with E-state index in [0.717, 1.165) is 11.5 Å². The van der Waals surface area contributed by atoms with Crippen LogP contribution >= 0.6 is 0 Å². The molecule has 0 radical (unpaired) electrons. The van der Waals surface area contributed by atoms with Gasteiger partial charge in [-0.25, -0.2) is 9.78 Å². The lowest BCUT2D eigenvalue weighted by atomic mass is 10.1. The molecule has 2 rings (SSSR count). The molecule has 1 aromatic heterocycles. The fourth-order valence-corrected chi connectivity index (χ4v) is 1.81. The highest BCUT2D eigenvalue weighted by atomic mass is 16.4. The van der Waals surface area contributed by atoms with E-state index >= 15 is 0 Å². The van der Waals surface area contributed by atoms with Gasteiger partial charge in [-0.2, -0.15) is 0 Å². The van der Waals surface area contributed by atoms with Crippen LogP contribution < -0.4 is 16.0 Å². The third-order valence-electron chi connectivity index (χ3n) is 3.03. The molecule has 0 aliphatic carbocycles. The Morgan fingerprint density at radius 2 is 2.15 bits per heavy atom. The number of imide groups is 1. The molecule has 1 aliphatic rings. The molecule has 1 aromatic rings. The third-order valence-corrected chi connectivity index (χ3v) is 3.03. The van der Waals surface area contributed by atoms with E-state index in [9.17, 15) is 14.4 Å². The Morgan fingerprint density at radius 1 is 1.40 bits per heavy atom. The van der Waals surface area contributed by atoms with E-state index in [-0.39, 0.29) is 25.3 Å². The minimum Gasteiger partial charge on any atom is -0.444 e. The molecule has 4 amide bonds. The molecule has 1 fully saturated rings. The van der Waals surface area contributed by atoms with Crippen LogP contribution in [0.3, 0.4) is 0 Å². The first-order chi connectivity index (χ1) is 9.45. The van der Waals surface area contributed by atoms with Gasteiger partial charge in [0.1, 0.15) is 11.8 Å². The highest BCUT2D eigenvalue weighted by molar-refractivity contribution is 6.04. The molecular formula is C12H16N4O4. The topological polar surface area (TPSA) is 113 Å². The molecule has 0 unspecified atom stereocenters. The molecule has 1 atom stereocenters. The van der Waals surface area contributed by atoms with E-state index in [0.29, 0.717) is 5.89 Å². The lowest BCUT2D eigenvalue weighted by molar-refractivity contribution is -0.122. The number of hydrogen-bond acceptors (Lipinski definition) is 5. The summed E-state index contributed by atoms with van der Waals surface area (Å²) < 4.78 is 5.33. The van der Waals surface area contributed by atoms with E-state index < -0.39 is 18.0 Å². The summed E-state index contributed by atoms with van der Waals surface area (Å²) in [5.74, 6) is 0.536. The summed E-state index contributed by atoms with van der Waals surface area (Å²) in [6, 6.07) is -1.16. The van der Waals surface area contributed by atoms with Crippen LogP contribution in [0.25, 0.3) is 0 Å². The van der Waals surface area contributed by atoms with Gasteiger partial charge in [0, 0.05) is 6.42 Å². The first kappa shape index (κ1) is 14.0. The van der Waals surface area contributed by atoms with Crippen LogP contribution in [0.1, 0.15) is 30.2 Å². The molecule has 108 valence electrons. The van der Waals surface area contributed by atoms with Crippen molar-refractivity contribution in [3.63, 3.8) is 0 Å². The molecule has 1 aliphatic heterocycles. The lowest BCUT2D eigenvalue weighted by Gasteiger charge is -2.06. The second-order valence-electron chi connectivity index (χ2n) is 4.58. The summed E-state index contributed by atoms with van der Waals surface area (Å²) in [6.07, 6.45) is 0.393. The van der Waals surface area contributed by atoms with Crippen molar-refractivity contribution in [3.8, 4) is 0 Å². The average Bonchev–Trinajstić information content (AvgIpc) is 2.87. The SMILES string of the molecule is Cc1nc(CNC(=O)CC[C@H]2NC(=O)NC2=O)oc1C. The lowest BCUT2D eigenvalue weighted by Crippen LogP contribution is -2.31. The monoisotopic (exact) mass is 280 g/mol. The van der Waals surface area contributed by atoms with Gasteiger partial charge in [-0.15, -0.1) is 0 Å². The summed E-state index contributed by atoms with van der Waals surface area (Å²) in [5.41, 5.74) is 0.791. The van der Waals surface area contributed by atoms with Crippen LogP contribution in [-0.4, -0.2) is 28.9 Å². The number of nitrogens with one attached hydrogen (secondary N) is 3. The summed E-state index contributed by atoms with van der Waals surface area (Å²) in [4.78, 5) is 37.9. The Kier molecular flexibility index (Phi) is 4.02. The van der Waals surface area contributed by atoms with Crippen LogP contribution in [0.15, 0.2) is 4.42 Å². The number of hydrogen-bond donors (Lipinski definition) is 3.